The number of nitrogens with zero attached hydrogens (tertiary/aromatic N) is 1. The molecule has 0 spiro atoms. The predicted octanol–water partition coefficient (Wildman–Crippen LogP) is 4.90. The molecule has 2 N–H and O–H groups in total. The van der Waals surface area contributed by atoms with E-state index >= 15 is 0 Å². The molecule has 0 aliphatic carbocycles. The van der Waals surface area contributed by atoms with Gasteiger partial charge in [-0.3, -0.25) is 9.69 Å². The second kappa shape index (κ2) is 12.8. The Bertz CT molecular complexity index is 974. The summed E-state index contributed by atoms with van der Waals surface area (Å²) in [6.45, 7) is 2.23. The number of unbranched alkanes of at least 4 members (excludes halogenated alkanes) is 2. The zero-order chi connectivity index (χ0) is 22.6. The van der Waals surface area contributed by atoms with Crippen molar-refractivity contribution in [2.75, 3.05) is 26.3 Å². The van der Waals surface area contributed by atoms with Crippen LogP contribution < -0.4 is 4.74 Å². The fourth-order valence-electron chi connectivity index (χ4n) is 3.83. The van der Waals surface area contributed by atoms with Gasteiger partial charge in [0.05, 0.1) is 19.6 Å². The van der Waals surface area contributed by atoms with E-state index in [0.29, 0.717) is 19.6 Å². The minimum absolute atomic E-state index is 0.0140. The van der Waals surface area contributed by atoms with Crippen molar-refractivity contribution in [2.24, 2.45) is 0 Å². The van der Waals surface area contributed by atoms with Crippen molar-refractivity contribution in [1.29, 1.82) is 0 Å². The van der Waals surface area contributed by atoms with E-state index in [1.165, 1.54) is 12.0 Å². The fraction of sp³-hybridized carbons (Fsp3) is 0.370. The number of hydrogen-bond acceptors (Lipinski definition) is 4. The molecule has 5 nitrogen and oxygen atoms in total. The van der Waals surface area contributed by atoms with Crippen LogP contribution in [0.5, 0.6) is 5.75 Å². The highest BCUT2D eigenvalue weighted by molar-refractivity contribution is 5.84. The third-order valence-corrected chi connectivity index (χ3v) is 5.56. The number of rotatable bonds is 14. The van der Waals surface area contributed by atoms with E-state index in [2.05, 4.69) is 60.7 Å². The van der Waals surface area contributed by atoms with Crippen LogP contribution in [-0.2, 0) is 17.8 Å². The van der Waals surface area contributed by atoms with Crippen molar-refractivity contribution < 1.29 is 19.7 Å². The zero-order valence-corrected chi connectivity index (χ0v) is 18.6. The lowest BCUT2D eigenvalue weighted by Gasteiger charge is -2.20. The molecule has 0 radical (unpaired) electrons. The third kappa shape index (κ3) is 7.98. The molecule has 0 unspecified atom stereocenters. The average Bonchev–Trinajstić information content (AvgIpc) is 2.80. The van der Waals surface area contributed by atoms with Crippen LogP contribution in [0.1, 0.15) is 36.8 Å². The molecule has 0 saturated carbocycles. The Hall–Kier alpha value is -2.89. The quantitative estimate of drug-likeness (QED) is 0.353. The van der Waals surface area contributed by atoms with E-state index < -0.39 is 5.97 Å². The van der Waals surface area contributed by atoms with Crippen LogP contribution in [0.15, 0.2) is 66.7 Å². The summed E-state index contributed by atoms with van der Waals surface area (Å²) in [6, 6.07) is 23.0. The maximum absolute atomic E-state index is 10.9. The molecule has 0 atom stereocenters. The van der Waals surface area contributed by atoms with Crippen LogP contribution >= 0.6 is 0 Å². The summed E-state index contributed by atoms with van der Waals surface area (Å²) < 4.78 is 5.96. The summed E-state index contributed by atoms with van der Waals surface area (Å²) in [6.07, 6.45) is 4.55. The molecule has 0 amide bonds. The van der Waals surface area contributed by atoms with Gasteiger partial charge in [-0.1, -0.05) is 48.5 Å². The molecule has 5 heteroatoms. The smallest absolute Gasteiger partial charge is 0.304 e. The Morgan fingerprint density at radius 2 is 1.62 bits per heavy atom. The molecule has 170 valence electrons. The van der Waals surface area contributed by atoms with Crippen molar-refractivity contribution >= 4 is 16.7 Å². The highest BCUT2D eigenvalue weighted by atomic mass is 16.5. The standard InChI is InChI=1S/C27H33NO4/c29-17-16-28(15-14-27(30)31)21-23-10-11-25-20-26(13-12-24(25)19-23)32-18-6-2-5-9-22-7-3-1-4-8-22/h1,3-4,7-8,10-13,19-20,29H,2,5-6,9,14-18,21H2,(H,30,31). The summed E-state index contributed by atoms with van der Waals surface area (Å²) in [7, 11) is 0. The van der Waals surface area contributed by atoms with Gasteiger partial charge in [0, 0.05) is 19.6 Å². The number of carboxylic acids is 1. The molecule has 0 fully saturated rings. The van der Waals surface area contributed by atoms with Gasteiger partial charge in [0.15, 0.2) is 0 Å². The second-order valence-electron chi connectivity index (χ2n) is 8.13. The molecule has 3 aromatic carbocycles. The van der Waals surface area contributed by atoms with E-state index in [-0.39, 0.29) is 13.0 Å². The van der Waals surface area contributed by atoms with E-state index in [1.807, 2.05) is 11.0 Å². The predicted molar refractivity (Wildman–Crippen MR) is 128 cm³/mol. The van der Waals surface area contributed by atoms with Crippen molar-refractivity contribution in [3.63, 3.8) is 0 Å². The van der Waals surface area contributed by atoms with Gasteiger partial charge in [-0.05, 0) is 65.8 Å². The van der Waals surface area contributed by atoms with Gasteiger partial charge in [-0.15, -0.1) is 0 Å². The van der Waals surface area contributed by atoms with Crippen LogP contribution in [0.4, 0.5) is 0 Å². The first kappa shape index (κ1) is 23.8. The number of aryl methyl sites for hydroxylation is 1. The maximum atomic E-state index is 10.9. The van der Waals surface area contributed by atoms with E-state index in [0.717, 1.165) is 48.0 Å². The number of aliphatic carboxylic acids is 1. The molecule has 0 bridgehead atoms. The van der Waals surface area contributed by atoms with Gasteiger partial charge in [-0.2, -0.15) is 0 Å². The molecule has 3 rings (SSSR count). The molecule has 0 aliphatic rings. The molecule has 0 saturated heterocycles. The van der Waals surface area contributed by atoms with Crippen LogP contribution in [0.3, 0.4) is 0 Å². The molecule has 3 aromatic rings. The SMILES string of the molecule is O=C(O)CCN(CCO)Cc1ccc2cc(OCCCCCc3ccccc3)ccc2c1. The summed E-state index contributed by atoms with van der Waals surface area (Å²) >= 11 is 0. The van der Waals surface area contributed by atoms with Gasteiger partial charge in [-0.25, -0.2) is 0 Å². The number of carbonyl (C=O) groups is 1. The van der Waals surface area contributed by atoms with Gasteiger partial charge >= 0.3 is 5.97 Å². The van der Waals surface area contributed by atoms with Gasteiger partial charge in [0.25, 0.3) is 0 Å². The number of fused-ring (bicyclic) bond motifs is 1. The zero-order valence-electron chi connectivity index (χ0n) is 18.6. The molecule has 0 aromatic heterocycles. The van der Waals surface area contributed by atoms with Crippen LogP contribution in [0.25, 0.3) is 10.8 Å². The van der Waals surface area contributed by atoms with Gasteiger partial charge < -0.3 is 14.9 Å². The van der Waals surface area contributed by atoms with E-state index in [9.17, 15) is 9.90 Å². The number of carboxylic acid groups (broad SMARTS) is 1. The summed E-state index contributed by atoms with van der Waals surface area (Å²) in [4.78, 5) is 12.8. The van der Waals surface area contributed by atoms with Gasteiger partial charge in [0.1, 0.15) is 5.75 Å². The van der Waals surface area contributed by atoms with E-state index in [4.69, 9.17) is 9.84 Å². The number of aliphatic hydroxyl groups excluding tert-OH is 1. The monoisotopic (exact) mass is 435 g/mol. The molecular formula is C27H33NO4. The first-order chi connectivity index (χ1) is 15.6. The highest BCUT2D eigenvalue weighted by Gasteiger charge is 2.09. The number of hydrogen-bond donors (Lipinski definition) is 2. The number of benzene rings is 3. The minimum atomic E-state index is -0.824. The molecule has 0 heterocycles. The first-order valence-corrected chi connectivity index (χ1v) is 11.4. The Kier molecular flexibility index (Phi) is 9.54. The first-order valence-electron chi connectivity index (χ1n) is 11.4. The second-order valence-corrected chi connectivity index (χ2v) is 8.13. The largest absolute Gasteiger partial charge is 0.494 e. The van der Waals surface area contributed by atoms with Crippen LogP contribution in [0, 0.1) is 0 Å². The third-order valence-electron chi connectivity index (χ3n) is 5.56. The summed E-state index contributed by atoms with van der Waals surface area (Å²) in [5.74, 6) is 0.0619. The molecule has 0 aliphatic heterocycles. The number of aliphatic hydroxyl groups is 1. The Labute approximate surface area is 190 Å². The minimum Gasteiger partial charge on any atom is -0.494 e. The van der Waals surface area contributed by atoms with Crippen LogP contribution in [0.2, 0.25) is 0 Å². The summed E-state index contributed by atoms with van der Waals surface area (Å²) in [5.41, 5.74) is 2.49. The Balaban J connectivity index is 1.46. The van der Waals surface area contributed by atoms with Gasteiger partial charge in [0.2, 0.25) is 0 Å². The Morgan fingerprint density at radius 3 is 2.41 bits per heavy atom. The molecular weight excluding hydrogens is 402 g/mol. The van der Waals surface area contributed by atoms with Crippen molar-refractivity contribution in [1.82, 2.24) is 4.90 Å². The normalized spacial score (nSPS) is 11.2. The van der Waals surface area contributed by atoms with Crippen molar-refractivity contribution in [3.05, 3.63) is 77.9 Å². The lowest BCUT2D eigenvalue weighted by atomic mass is 10.1. The Morgan fingerprint density at radius 1 is 0.844 bits per heavy atom. The average molecular weight is 436 g/mol. The van der Waals surface area contributed by atoms with E-state index in [1.54, 1.807) is 0 Å². The summed E-state index contributed by atoms with van der Waals surface area (Å²) in [5, 5.41) is 20.4. The lowest BCUT2D eigenvalue weighted by molar-refractivity contribution is -0.137. The lowest BCUT2D eigenvalue weighted by Crippen LogP contribution is -2.28. The maximum Gasteiger partial charge on any atom is 0.304 e. The van der Waals surface area contributed by atoms with Crippen molar-refractivity contribution in [2.45, 2.75) is 38.6 Å². The van der Waals surface area contributed by atoms with Crippen molar-refractivity contribution in [3.8, 4) is 5.75 Å². The highest BCUT2D eigenvalue weighted by Crippen LogP contribution is 2.23. The number of ether oxygens (including phenoxy) is 1. The topological polar surface area (TPSA) is 70.0 Å². The fourth-order valence-corrected chi connectivity index (χ4v) is 3.83. The van der Waals surface area contributed by atoms with Crippen LogP contribution in [-0.4, -0.2) is 47.4 Å². The molecule has 32 heavy (non-hydrogen) atoms.